The fourth-order valence-corrected chi connectivity index (χ4v) is 1.46. The zero-order valence-corrected chi connectivity index (χ0v) is 9.08. The fraction of sp³-hybridized carbons (Fsp3) is 0.400. The molecule has 0 bridgehead atoms. The van der Waals surface area contributed by atoms with Gasteiger partial charge in [0.1, 0.15) is 6.04 Å². The number of nitrogens with two attached hydrogens (primary N) is 1. The van der Waals surface area contributed by atoms with Gasteiger partial charge in [0, 0.05) is 5.02 Å². The molecule has 1 atom stereocenters. The summed E-state index contributed by atoms with van der Waals surface area (Å²) in [6, 6.07) is 0.785. The van der Waals surface area contributed by atoms with E-state index in [0.29, 0.717) is 16.1 Å². The summed E-state index contributed by atoms with van der Waals surface area (Å²) in [6.45, 7) is 3.31. The molecule has 0 heterocycles. The first kappa shape index (κ1) is 12.3. The van der Waals surface area contributed by atoms with Crippen LogP contribution < -0.4 is 5.73 Å². The normalized spacial score (nSPS) is 14.1. The number of rotatable bonds is 1. The van der Waals surface area contributed by atoms with E-state index < -0.39 is 12.2 Å². The third-order valence-corrected chi connectivity index (χ3v) is 2.77. The minimum absolute atomic E-state index is 0.0434. The highest BCUT2D eigenvalue weighted by molar-refractivity contribution is 6.32. The molecule has 0 amide bonds. The van der Waals surface area contributed by atoms with Gasteiger partial charge in [-0.3, -0.25) is 0 Å². The Bertz CT molecular complexity index is 350. The van der Waals surface area contributed by atoms with Gasteiger partial charge in [0.05, 0.1) is 0 Å². The number of aryl methyl sites for hydroxylation is 2. The Hall–Kier alpha value is -0.740. The minimum atomic E-state index is -4.42. The molecule has 0 spiro atoms. The van der Waals surface area contributed by atoms with Crippen LogP contribution in [-0.4, -0.2) is 6.18 Å². The van der Waals surface area contributed by atoms with E-state index in [4.69, 9.17) is 17.3 Å². The van der Waals surface area contributed by atoms with Crippen LogP contribution in [0.5, 0.6) is 0 Å². The smallest absolute Gasteiger partial charge is 0.316 e. The van der Waals surface area contributed by atoms with E-state index in [9.17, 15) is 13.2 Å². The summed E-state index contributed by atoms with van der Waals surface area (Å²) in [5.74, 6) is 0. The van der Waals surface area contributed by atoms with Crippen LogP contribution in [0.2, 0.25) is 5.02 Å². The van der Waals surface area contributed by atoms with Gasteiger partial charge in [0.15, 0.2) is 0 Å². The highest BCUT2D eigenvalue weighted by Gasteiger charge is 2.38. The van der Waals surface area contributed by atoms with Gasteiger partial charge in [0.25, 0.3) is 0 Å². The summed E-state index contributed by atoms with van der Waals surface area (Å²) >= 11 is 5.85. The quantitative estimate of drug-likeness (QED) is 0.795. The third-order valence-electron chi connectivity index (χ3n) is 2.17. The lowest BCUT2D eigenvalue weighted by Crippen LogP contribution is -2.28. The summed E-state index contributed by atoms with van der Waals surface area (Å²) in [7, 11) is 0. The predicted octanol–water partition coefficient (Wildman–Crippen LogP) is 3.52. The van der Waals surface area contributed by atoms with Crippen molar-refractivity contribution in [3.8, 4) is 0 Å². The van der Waals surface area contributed by atoms with Crippen LogP contribution in [0.3, 0.4) is 0 Å². The molecule has 0 fully saturated rings. The lowest BCUT2D eigenvalue weighted by Gasteiger charge is -2.17. The van der Waals surface area contributed by atoms with Crippen molar-refractivity contribution >= 4 is 11.6 Å². The molecule has 0 radical (unpaired) electrons. The topological polar surface area (TPSA) is 26.0 Å². The lowest BCUT2D eigenvalue weighted by atomic mass is 10.0. The van der Waals surface area contributed by atoms with Gasteiger partial charge < -0.3 is 5.73 Å². The zero-order valence-electron chi connectivity index (χ0n) is 8.32. The van der Waals surface area contributed by atoms with Crippen molar-refractivity contribution in [2.24, 2.45) is 5.73 Å². The first-order valence-electron chi connectivity index (χ1n) is 4.32. The number of benzene rings is 1. The van der Waals surface area contributed by atoms with Gasteiger partial charge in [0.2, 0.25) is 0 Å². The third kappa shape index (κ3) is 2.63. The molecule has 0 aliphatic rings. The van der Waals surface area contributed by atoms with Crippen molar-refractivity contribution in [2.75, 3.05) is 0 Å². The maximum Gasteiger partial charge on any atom is 0.407 e. The van der Waals surface area contributed by atoms with Gasteiger partial charge >= 0.3 is 6.18 Å². The van der Waals surface area contributed by atoms with Crippen LogP contribution in [0.25, 0.3) is 0 Å². The van der Waals surface area contributed by atoms with E-state index in [1.54, 1.807) is 13.8 Å². The molecule has 1 rings (SSSR count). The molecule has 0 saturated heterocycles. The Labute approximate surface area is 91.0 Å². The molecule has 1 unspecified atom stereocenters. The van der Waals surface area contributed by atoms with Gasteiger partial charge in [-0.1, -0.05) is 23.7 Å². The molecular formula is C10H11ClF3N. The Morgan fingerprint density at radius 2 is 1.60 bits per heavy atom. The van der Waals surface area contributed by atoms with Crippen molar-refractivity contribution in [1.82, 2.24) is 0 Å². The first-order chi connectivity index (χ1) is 6.73. The highest BCUT2D eigenvalue weighted by Crippen LogP contribution is 2.33. The second kappa shape index (κ2) is 4.02. The molecule has 15 heavy (non-hydrogen) atoms. The largest absolute Gasteiger partial charge is 0.407 e. The van der Waals surface area contributed by atoms with Gasteiger partial charge in [-0.15, -0.1) is 0 Å². The van der Waals surface area contributed by atoms with E-state index in [2.05, 4.69) is 0 Å². The van der Waals surface area contributed by atoms with Crippen LogP contribution >= 0.6 is 11.6 Å². The van der Waals surface area contributed by atoms with Gasteiger partial charge in [-0.2, -0.15) is 13.2 Å². The molecule has 2 N–H and O–H groups in total. The monoisotopic (exact) mass is 237 g/mol. The Morgan fingerprint density at radius 3 is 1.93 bits per heavy atom. The molecule has 1 aromatic carbocycles. The average Bonchev–Trinajstić information content (AvgIpc) is 2.10. The molecule has 0 aliphatic heterocycles. The van der Waals surface area contributed by atoms with Gasteiger partial charge in [-0.25, -0.2) is 0 Å². The molecule has 0 aromatic heterocycles. The second-order valence-electron chi connectivity index (χ2n) is 3.49. The fourth-order valence-electron chi connectivity index (χ4n) is 1.35. The molecule has 0 saturated carbocycles. The standard InChI is InChI=1S/C10H11ClF3N/c1-5-3-7(4-6(2)8(5)11)9(15)10(12,13)14/h3-4,9H,15H2,1-2H3. The average molecular weight is 238 g/mol. The van der Waals surface area contributed by atoms with E-state index >= 15 is 0 Å². The van der Waals surface area contributed by atoms with Crippen molar-refractivity contribution in [3.63, 3.8) is 0 Å². The van der Waals surface area contributed by atoms with Crippen LogP contribution in [0.4, 0.5) is 13.2 Å². The van der Waals surface area contributed by atoms with Gasteiger partial charge in [-0.05, 0) is 30.5 Å². The number of hydrogen-bond acceptors (Lipinski definition) is 1. The molecular weight excluding hydrogens is 227 g/mol. The van der Waals surface area contributed by atoms with Crippen molar-refractivity contribution in [2.45, 2.75) is 26.1 Å². The number of halogens is 4. The maximum absolute atomic E-state index is 12.3. The molecule has 5 heteroatoms. The SMILES string of the molecule is Cc1cc(C(N)C(F)(F)F)cc(C)c1Cl. The summed E-state index contributed by atoms with van der Waals surface area (Å²) < 4.78 is 37.0. The Morgan fingerprint density at radius 1 is 1.20 bits per heavy atom. The number of alkyl halides is 3. The summed E-state index contributed by atoms with van der Waals surface area (Å²) in [5.41, 5.74) is 6.34. The van der Waals surface area contributed by atoms with Crippen LogP contribution in [-0.2, 0) is 0 Å². The van der Waals surface area contributed by atoms with Crippen LogP contribution in [0.1, 0.15) is 22.7 Å². The second-order valence-corrected chi connectivity index (χ2v) is 3.87. The van der Waals surface area contributed by atoms with Crippen molar-refractivity contribution in [1.29, 1.82) is 0 Å². The summed E-state index contributed by atoms with van der Waals surface area (Å²) in [5, 5.41) is 0.480. The molecule has 1 aromatic rings. The number of hydrogen-bond donors (Lipinski definition) is 1. The zero-order chi connectivity index (χ0) is 11.8. The van der Waals surface area contributed by atoms with E-state index in [1.165, 1.54) is 12.1 Å². The summed E-state index contributed by atoms with van der Waals surface area (Å²) in [4.78, 5) is 0. The molecule has 0 aliphatic carbocycles. The predicted molar refractivity (Wildman–Crippen MR) is 53.9 cm³/mol. The van der Waals surface area contributed by atoms with Crippen LogP contribution in [0.15, 0.2) is 12.1 Å². The Balaban J connectivity index is 3.17. The van der Waals surface area contributed by atoms with Crippen molar-refractivity contribution < 1.29 is 13.2 Å². The first-order valence-corrected chi connectivity index (χ1v) is 4.70. The van der Waals surface area contributed by atoms with E-state index in [1.807, 2.05) is 0 Å². The molecule has 1 nitrogen and oxygen atoms in total. The van der Waals surface area contributed by atoms with E-state index in [-0.39, 0.29) is 5.56 Å². The van der Waals surface area contributed by atoms with E-state index in [0.717, 1.165) is 0 Å². The van der Waals surface area contributed by atoms with Crippen LogP contribution in [0, 0.1) is 13.8 Å². The lowest BCUT2D eigenvalue weighted by molar-refractivity contribution is -0.149. The molecule has 84 valence electrons. The highest BCUT2D eigenvalue weighted by atomic mass is 35.5. The minimum Gasteiger partial charge on any atom is -0.316 e. The summed E-state index contributed by atoms with van der Waals surface area (Å²) in [6.07, 6.45) is -4.42. The maximum atomic E-state index is 12.3. The van der Waals surface area contributed by atoms with Crippen molar-refractivity contribution in [3.05, 3.63) is 33.8 Å². The Kier molecular flexibility index (Phi) is 3.31.